The lowest BCUT2D eigenvalue weighted by molar-refractivity contribution is -0.143. The maximum absolute atomic E-state index is 13.4. The van der Waals surface area contributed by atoms with Crippen molar-refractivity contribution in [3.63, 3.8) is 0 Å². The Morgan fingerprint density at radius 1 is 1.08 bits per heavy atom. The van der Waals surface area contributed by atoms with Crippen LogP contribution >= 0.6 is 0 Å². The van der Waals surface area contributed by atoms with E-state index in [-0.39, 0.29) is 11.8 Å². The maximum Gasteiger partial charge on any atom is 0.252 e. The van der Waals surface area contributed by atoms with Gasteiger partial charge >= 0.3 is 0 Å². The summed E-state index contributed by atoms with van der Waals surface area (Å²) in [6.07, 6.45) is 11.5. The van der Waals surface area contributed by atoms with E-state index in [1.165, 1.54) is 37.7 Å². The number of hydrogen-bond donors (Lipinski definition) is 3. The molecule has 2 unspecified atom stereocenters. The summed E-state index contributed by atoms with van der Waals surface area (Å²) in [5, 5.41) is 14.8. The molecule has 2 saturated heterocycles. The summed E-state index contributed by atoms with van der Waals surface area (Å²) in [4.78, 5) is 30.0. The van der Waals surface area contributed by atoms with Gasteiger partial charge in [0.05, 0.1) is 0 Å². The van der Waals surface area contributed by atoms with Gasteiger partial charge in [0.1, 0.15) is 5.60 Å². The highest BCUT2D eigenvalue weighted by atomic mass is 16.3. The summed E-state index contributed by atoms with van der Waals surface area (Å²) < 4.78 is 0. The molecule has 1 aromatic carbocycles. The van der Waals surface area contributed by atoms with Crippen LogP contribution in [0.5, 0.6) is 0 Å². The molecule has 3 atom stereocenters. The molecule has 1 aromatic rings. The smallest absolute Gasteiger partial charge is 0.252 e. The predicted molar refractivity (Wildman–Crippen MR) is 152 cm³/mol. The Kier molecular flexibility index (Phi) is 10.2. The molecule has 2 aliphatic heterocycles. The van der Waals surface area contributed by atoms with Crippen LogP contribution in [-0.2, 0) is 4.79 Å². The van der Waals surface area contributed by atoms with Crippen LogP contribution in [0, 0.1) is 5.92 Å². The number of carbonyl (C=O) groups excluding carboxylic acids is 2. The van der Waals surface area contributed by atoms with E-state index < -0.39 is 5.60 Å². The molecule has 212 valence electrons. The van der Waals surface area contributed by atoms with E-state index >= 15 is 0 Å². The first-order valence-corrected chi connectivity index (χ1v) is 15.2. The van der Waals surface area contributed by atoms with Crippen molar-refractivity contribution in [1.82, 2.24) is 15.1 Å². The third-order valence-corrected chi connectivity index (χ3v) is 9.69. The van der Waals surface area contributed by atoms with Gasteiger partial charge < -0.3 is 21.1 Å². The van der Waals surface area contributed by atoms with Crippen molar-refractivity contribution in [3.8, 4) is 0 Å². The number of nitrogens with one attached hydrogen (secondary N) is 1. The zero-order valence-corrected chi connectivity index (χ0v) is 23.7. The fourth-order valence-electron chi connectivity index (χ4n) is 7.38. The zero-order chi connectivity index (χ0) is 27.1. The molecule has 7 heteroatoms. The van der Waals surface area contributed by atoms with Gasteiger partial charge in [-0.3, -0.25) is 14.5 Å². The molecule has 38 heavy (non-hydrogen) atoms. The largest absolute Gasteiger partial charge is 0.380 e. The molecule has 2 heterocycles. The Labute approximate surface area is 229 Å². The van der Waals surface area contributed by atoms with Gasteiger partial charge in [0.2, 0.25) is 5.91 Å². The van der Waals surface area contributed by atoms with Gasteiger partial charge in [-0.1, -0.05) is 58.1 Å². The van der Waals surface area contributed by atoms with E-state index in [1.807, 2.05) is 12.1 Å². The molecule has 4 N–H and O–H groups in total. The highest BCUT2D eigenvalue weighted by Gasteiger charge is 2.42. The summed E-state index contributed by atoms with van der Waals surface area (Å²) in [5.74, 6) is 0.335. The summed E-state index contributed by atoms with van der Waals surface area (Å²) in [6.45, 7) is 8.28. The van der Waals surface area contributed by atoms with Crippen molar-refractivity contribution in [2.45, 2.75) is 108 Å². The van der Waals surface area contributed by atoms with E-state index in [1.54, 1.807) is 6.07 Å². The van der Waals surface area contributed by atoms with E-state index in [2.05, 4.69) is 35.0 Å². The summed E-state index contributed by atoms with van der Waals surface area (Å²) in [6, 6.07) is 8.81. The third kappa shape index (κ3) is 7.16. The molecule has 0 radical (unpaired) electrons. The SMILES string of the molecule is CCN(CC)CC[C@@](O)(CC1CCCCC1)C(=O)NCCN1C2CCC1CC(c1cccc(C(N)=O)c1)C2. The highest BCUT2D eigenvalue weighted by Crippen LogP contribution is 2.43. The summed E-state index contributed by atoms with van der Waals surface area (Å²) in [5.41, 5.74) is 6.02. The van der Waals surface area contributed by atoms with E-state index in [9.17, 15) is 14.7 Å². The van der Waals surface area contributed by atoms with Crippen molar-refractivity contribution < 1.29 is 14.7 Å². The van der Waals surface area contributed by atoms with Crippen LogP contribution in [0.4, 0.5) is 0 Å². The first kappa shape index (κ1) is 29.0. The normalized spacial score (nSPS) is 25.8. The molecule has 0 spiro atoms. The Hall–Kier alpha value is -1.96. The molecular formula is C31H50N4O3. The fraction of sp³-hybridized carbons (Fsp3) is 0.742. The molecule has 2 bridgehead atoms. The van der Waals surface area contributed by atoms with E-state index in [0.29, 0.717) is 48.9 Å². The number of carbonyl (C=O) groups is 2. The second-order valence-corrected chi connectivity index (χ2v) is 12.1. The lowest BCUT2D eigenvalue weighted by Gasteiger charge is -2.39. The number of amides is 2. The first-order chi connectivity index (χ1) is 18.3. The van der Waals surface area contributed by atoms with Crippen LogP contribution in [0.25, 0.3) is 0 Å². The lowest BCUT2D eigenvalue weighted by Crippen LogP contribution is -2.52. The van der Waals surface area contributed by atoms with E-state index in [4.69, 9.17) is 5.73 Å². The quantitative estimate of drug-likeness (QED) is 0.360. The zero-order valence-electron chi connectivity index (χ0n) is 23.7. The predicted octanol–water partition coefficient (Wildman–Crippen LogP) is 4.05. The van der Waals surface area contributed by atoms with Gasteiger partial charge in [-0.05, 0) is 81.1 Å². The van der Waals surface area contributed by atoms with Crippen molar-refractivity contribution in [2.24, 2.45) is 11.7 Å². The minimum absolute atomic E-state index is 0.180. The molecule has 1 saturated carbocycles. The molecule has 2 amide bonds. The van der Waals surface area contributed by atoms with Crippen LogP contribution < -0.4 is 11.1 Å². The number of aliphatic hydroxyl groups is 1. The van der Waals surface area contributed by atoms with Crippen molar-refractivity contribution in [2.75, 3.05) is 32.7 Å². The van der Waals surface area contributed by atoms with Crippen molar-refractivity contribution in [1.29, 1.82) is 0 Å². The number of piperidine rings is 1. The number of hydrogen-bond acceptors (Lipinski definition) is 5. The molecule has 3 fully saturated rings. The summed E-state index contributed by atoms with van der Waals surface area (Å²) >= 11 is 0. The van der Waals surface area contributed by atoms with Crippen LogP contribution in [0.3, 0.4) is 0 Å². The minimum Gasteiger partial charge on any atom is -0.380 e. The molecule has 3 aliphatic rings. The maximum atomic E-state index is 13.4. The number of nitrogens with two attached hydrogens (primary N) is 1. The van der Waals surface area contributed by atoms with Crippen LogP contribution in [0.15, 0.2) is 24.3 Å². The Bertz CT molecular complexity index is 915. The minimum atomic E-state index is -1.29. The highest BCUT2D eigenvalue weighted by molar-refractivity contribution is 5.92. The Balaban J connectivity index is 1.32. The van der Waals surface area contributed by atoms with Gasteiger partial charge in [0.25, 0.3) is 5.91 Å². The molecule has 7 nitrogen and oxygen atoms in total. The lowest BCUT2D eigenvalue weighted by atomic mass is 9.79. The van der Waals surface area contributed by atoms with Crippen LogP contribution in [0.2, 0.25) is 0 Å². The molecule has 1 aliphatic carbocycles. The third-order valence-electron chi connectivity index (χ3n) is 9.69. The average molecular weight is 527 g/mol. The van der Waals surface area contributed by atoms with Crippen LogP contribution in [0.1, 0.15) is 106 Å². The molecule has 4 rings (SSSR count). The second kappa shape index (κ2) is 13.4. The summed E-state index contributed by atoms with van der Waals surface area (Å²) in [7, 11) is 0. The van der Waals surface area contributed by atoms with Crippen LogP contribution in [-0.4, -0.2) is 77.1 Å². The number of benzene rings is 1. The Morgan fingerprint density at radius 3 is 2.39 bits per heavy atom. The van der Waals surface area contributed by atoms with Crippen molar-refractivity contribution >= 4 is 11.8 Å². The molecular weight excluding hydrogens is 476 g/mol. The van der Waals surface area contributed by atoms with Gasteiger partial charge in [-0.2, -0.15) is 0 Å². The van der Waals surface area contributed by atoms with E-state index in [0.717, 1.165) is 51.9 Å². The van der Waals surface area contributed by atoms with Gasteiger partial charge in [-0.25, -0.2) is 0 Å². The van der Waals surface area contributed by atoms with Crippen molar-refractivity contribution in [3.05, 3.63) is 35.4 Å². The van der Waals surface area contributed by atoms with Gasteiger partial charge in [-0.15, -0.1) is 0 Å². The van der Waals surface area contributed by atoms with Gasteiger partial charge in [0.15, 0.2) is 0 Å². The number of primary amides is 1. The standard InChI is InChI=1S/C31H50N4O3/c1-3-34(4-2)17-15-31(38,22-23-9-6-5-7-10-23)30(37)33-16-18-35-27-13-14-28(35)21-26(20-27)24-11-8-12-25(19-24)29(32)36/h8,11-12,19,23,26-28,38H,3-7,9-10,13-18,20-22H2,1-2H3,(H2,32,36)(H,33,37)/t26?,27?,28?,31-/m1/s1. The monoisotopic (exact) mass is 526 g/mol. The number of nitrogens with zero attached hydrogens (tertiary/aromatic N) is 2. The molecule has 0 aromatic heterocycles. The second-order valence-electron chi connectivity index (χ2n) is 12.1. The topological polar surface area (TPSA) is 98.9 Å². The average Bonchev–Trinajstić information content (AvgIpc) is 3.15. The first-order valence-electron chi connectivity index (χ1n) is 15.2. The number of fused-ring (bicyclic) bond motifs is 2. The number of rotatable bonds is 13. The van der Waals surface area contributed by atoms with Gasteiger partial charge in [0, 0.05) is 37.3 Å². The fourth-order valence-corrected chi connectivity index (χ4v) is 7.38. The Morgan fingerprint density at radius 2 is 1.76 bits per heavy atom.